The molecule has 0 aromatic carbocycles. The monoisotopic (exact) mass is 524 g/mol. The summed E-state index contributed by atoms with van der Waals surface area (Å²) in [5.41, 5.74) is 0.663. The highest BCUT2D eigenvalue weighted by molar-refractivity contribution is 6.71. The van der Waals surface area contributed by atoms with E-state index in [9.17, 15) is 0 Å². The maximum Gasteiger partial charge on any atom is 0.184 e. The van der Waals surface area contributed by atoms with Crippen LogP contribution in [-0.2, 0) is 27.4 Å². The first-order valence-corrected chi connectivity index (χ1v) is 24.8. The SMILES string of the molecule is CO/N=C/[C@H](O[Si](C)(C)C)[C@@H](O[Si](C)(C)C)[C@H](O[Si](C)(C)C)/C(CO[Si](C)(C)C)=N/OC. The third-order valence-corrected chi connectivity index (χ3v) is 7.52. The Hall–Kier alpha value is -0.352. The molecule has 0 heterocycles. The average Bonchev–Trinajstić information content (AvgIpc) is 2.55. The van der Waals surface area contributed by atoms with Gasteiger partial charge in [-0.05, 0) is 78.6 Å². The zero-order chi connectivity index (χ0) is 25.4. The molecule has 8 nitrogen and oxygen atoms in total. The largest absolute Gasteiger partial charge is 0.412 e. The molecule has 0 fully saturated rings. The molecule has 0 N–H and O–H groups in total. The summed E-state index contributed by atoms with van der Waals surface area (Å²) >= 11 is 0. The number of hydrogen-bond acceptors (Lipinski definition) is 8. The highest BCUT2D eigenvalue weighted by atomic mass is 28.4. The van der Waals surface area contributed by atoms with Crippen LogP contribution in [0, 0.1) is 0 Å². The van der Waals surface area contributed by atoms with E-state index in [0.717, 1.165) is 0 Å². The maximum atomic E-state index is 6.72. The molecule has 0 aliphatic carbocycles. The fourth-order valence-corrected chi connectivity index (χ4v) is 6.39. The lowest BCUT2D eigenvalue weighted by molar-refractivity contribution is 0.0176. The van der Waals surface area contributed by atoms with Crippen LogP contribution < -0.4 is 0 Å². The molecule has 3 atom stereocenters. The predicted molar refractivity (Wildman–Crippen MR) is 144 cm³/mol. The molecule has 0 aromatic heterocycles. The summed E-state index contributed by atoms with van der Waals surface area (Å²) in [4.78, 5) is 10.2. The molecule has 190 valence electrons. The lowest BCUT2D eigenvalue weighted by Crippen LogP contribution is -2.57. The van der Waals surface area contributed by atoms with Gasteiger partial charge in [-0.25, -0.2) is 0 Å². The molecule has 12 heteroatoms. The maximum absolute atomic E-state index is 6.72. The van der Waals surface area contributed by atoms with Crippen molar-refractivity contribution < 1.29 is 27.4 Å². The molecule has 0 bridgehead atoms. The van der Waals surface area contributed by atoms with E-state index < -0.39 is 51.6 Å². The van der Waals surface area contributed by atoms with Crippen molar-refractivity contribution in [3.8, 4) is 0 Å². The van der Waals surface area contributed by atoms with Crippen LogP contribution in [0.2, 0.25) is 78.6 Å². The quantitative estimate of drug-likeness (QED) is 0.168. The fraction of sp³-hybridized carbons (Fsp3) is 0.900. The van der Waals surface area contributed by atoms with E-state index in [1.54, 1.807) is 6.21 Å². The van der Waals surface area contributed by atoms with E-state index in [1.165, 1.54) is 14.2 Å². The normalized spacial score (nSPS) is 17.4. The fourth-order valence-electron chi connectivity index (χ4n) is 2.69. The molecule has 0 aliphatic heterocycles. The zero-order valence-corrected chi connectivity index (χ0v) is 26.9. The van der Waals surface area contributed by atoms with Crippen molar-refractivity contribution in [2.45, 2.75) is 96.9 Å². The van der Waals surface area contributed by atoms with E-state index in [1.807, 2.05) is 0 Å². The Balaban J connectivity index is 6.58. The van der Waals surface area contributed by atoms with E-state index >= 15 is 0 Å². The standard InChI is InChI=1S/C20H48N2O6Si4/c1-23-21-15-18(26-30(6,7)8)20(28-32(12,13)14)19(27-31(9,10)11)17(22-24-2)16-25-29(3,4)5/h15,18-20H,16H2,1-14H3/b21-15+,22-17+/t18-,19+,20+/m0/s1. The third kappa shape index (κ3) is 15.5. The summed E-state index contributed by atoms with van der Waals surface area (Å²) in [6.07, 6.45) is 0.226. The second-order valence-electron chi connectivity index (χ2n) is 11.6. The summed E-state index contributed by atoms with van der Waals surface area (Å²) < 4.78 is 26.2. The summed E-state index contributed by atoms with van der Waals surface area (Å²) in [5.74, 6) is 0. The third-order valence-electron chi connectivity index (χ3n) is 3.59. The van der Waals surface area contributed by atoms with Crippen molar-refractivity contribution in [2.75, 3.05) is 20.8 Å². The van der Waals surface area contributed by atoms with Crippen molar-refractivity contribution in [1.82, 2.24) is 0 Å². The van der Waals surface area contributed by atoms with Crippen LogP contribution in [0.1, 0.15) is 0 Å². The first-order chi connectivity index (χ1) is 14.3. The Labute approximate surface area is 200 Å². The number of hydrogen-bond donors (Lipinski definition) is 0. The average molecular weight is 525 g/mol. The van der Waals surface area contributed by atoms with Gasteiger partial charge in [0.15, 0.2) is 33.3 Å². The van der Waals surface area contributed by atoms with Crippen LogP contribution in [0.3, 0.4) is 0 Å². The van der Waals surface area contributed by atoms with Crippen LogP contribution >= 0.6 is 0 Å². The zero-order valence-electron chi connectivity index (χ0n) is 22.9. The van der Waals surface area contributed by atoms with Gasteiger partial charge in [0.2, 0.25) is 0 Å². The van der Waals surface area contributed by atoms with Crippen LogP contribution in [0.25, 0.3) is 0 Å². The molecule has 0 aromatic rings. The molecule has 0 saturated carbocycles. The molecule has 0 amide bonds. The number of nitrogens with zero attached hydrogens (tertiary/aromatic N) is 2. The van der Waals surface area contributed by atoms with Crippen molar-refractivity contribution in [3.63, 3.8) is 0 Å². The Bertz CT molecular complexity index is 607. The summed E-state index contributed by atoms with van der Waals surface area (Å²) in [6, 6.07) is 0. The molecule has 32 heavy (non-hydrogen) atoms. The Morgan fingerprint density at radius 1 is 0.688 bits per heavy atom. The predicted octanol–water partition coefficient (Wildman–Crippen LogP) is 5.13. The molecule has 0 aliphatic rings. The highest BCUT2D eigenvalue weighted by Gasteiger charge is 2.42. The van der Waals surface area contributed by atoms with Gasteiger partial charge in [0.05, 0.1) is 12.8 Å². The minimum absolute atomic E-state index is 0.311. The van der Waals surface area contributed by atoms with Crippen LogP contribution in [0.5, 0.6) is 0 Å². The smallest absolute Gasteiger partial charge is 0.184 e. The van der Waals surface area contributed by atoms with Crippen LogP contribution in [-0.4, -0.2) is 84.3 Å². The molecular formula is C20H48N2O6Si4. The molecule has 0 rings (SSSR count). The molecule has 0 radical (unpaired) electrons. The van der Waals surface area contributed by atoms with Crippen molar-refractivity contribution >= 4 is 45.2 Å². The van der Waals surface area contributed by atoms with Gasteiger partial charge in [-0.3, -0.25) is 0 Å². The van der Waals surface area contributed by atoms with E-state index in [4.69, 9.17) is 27.4 Å². The second-order valence-corrected chi connectivity index (χ2v) is 29.5. The van der Waals surface area contributed by atoms with Gasteiger partial charge in [0, 0.05) is 0 Å². The Morgan fingerprint density at radius 2 is 1.19 bits per heavy atom. The van der Waals surface area contributed by atoms with E-state index in [2.05, 4.69) is 88.9 Å². The van der Waals surface area contributed by atoms with Gasteiger partial charge in [0.1, 0.15) is 38.2 Å². The lowest BCUT2D eigenvalue weighted by Gasteiger charge is -2.40. The summed E-state index contributed by atoms with van der Waals surface area (Å²) in [7, 11) is -4.76. The van der Waals surface area contributed by atoms with Gasteiger partial charge < -0.3 is 27.4 Å². The molecule has 0 saturated heterocycles. The van der Waals surface area contributed by atoms with Gasteiger partial charge in [-0.2, -0.15) is 0 Å². The minimum atomic E-state index is -2.03. The van der Waals surface area contributed by atoms with E-state index in [-0.39, 0.29) is 0 Å². The Kier molecular flexibility index (Phi) is 12.8. The molecular weight excluding hydrogens is 477 g/mol. The van der Waals surface area contributed by atoms with Gasteiger partial charge >= 0.3 is 0 Å². The summed E-state index contributed by atoms with van der Waals surface area (Å²) in [6.45, 7) is 26.0. The first-order valence-electron chi connectivity index (χ1n) is 11.1. The second kappa shape index (κ2) is 12.9. The number of rotatable bonds is 15. The van der Waals surface area contributed by atoms with E-state index in [0.29, 0.717) is 12.3 Å². The lowest BCUT2D eigenvalue weighted by atomic mass is 10.0. The molecule has 0 unspecified atom stereocenters. The minimum Gasteiger partial charge on any atom is -0.412 e. The number of oxime groups is 2. The van der Waals surface area contributed by atoms with Crippen LogP contribution in [0.4, 0.5) is 0 Å². The van der Waals surface area contributed by atoms with Crippen molar-refractivity contribution in [3.05, 3.63) is 0 Å². The van der Waals surface area contributed by atoms with Gasteiger partial charge in [0.25, 0.3) is 0 Å². The molecule has 0 spiro atoms. The van der Waals surface area contributed by atoms with Crippen molar-refractivity contribution in [2.24, 2.45) is 10.3 Å². The van der Waals surface area contributed by atoms with Gasteiger partial charge in [-0.15, -0.1) is 0 Å². The topological polar surface area (TPSA) is 80.1 Å². The van der Waals surface area contributed by atoms with Crippen LogP contribution in [0.15, 0.2) is 10.3 Å². The highest BCUT2D eigenvalue weighted by Crippen LogP contribution is 2.25. The Morgan fingerprint density at radius 3 is 1.56 bits per heavy atom. The summed E-state index contributed by atoms with van der Waals surface area (Å²) in [5, 5.41) is 8.39. The van der Waals surface area contributed by atoms with Gasteiger partial charge in [-0.1, -0.05) is 10.3 Å². The van der Waals surface area contributed by atoms with Crippen molar-refractivity contribution in [1.29, 1.82) is 0 Å². The first kappa shape index (κ1) is 31.6.